The molecular weight excluding hydrogens is 331 g/mol. The smallest absolute Gasteiger partial charge is 0.279 e. The number of piperazine rings is 1. The quantitative estimate of drug-likeness (QED) is 0.850. The van der Waals surface area contributed by atoms with Crippen LogP contribution < -0.4 is 20.1 Å². The first-order valence-electron chi connectivity index (χ1n) is 7.92. The van der Waals surface area contributed by atoms with Gasteiger partial charge in [0.2, 0.25) is 0 Å². The van der Waals surface area contributed by atoms with Crippen LogP contribution in [0.4, 0.5) is 15.9 Å². The fourth-order valence-electron chi connectivity index (χ4n) is 2.83. The number of quaternary nitrogens is 1. The molecule has 1 aliphatic heterocycles. The zero-order valence-electron chi connectivity index (χ0n) is 13.2. The lowest BCUT2D eigenvalue weighted by atomic mass is 10.2. The molecule has 24 heavy (non-hydrogen) atoms. The van der Waals surface area contributed by atoms with E-state index in [9.17, 15) is 9.18 Å². The summed E-state index contributed by atoms with van der Waals surface area (Å²) >= 11 is 5.71. The van der Waals surface area contributed by atoms with E-state index < -0.39 is 5.82 Å². The normalized spacial score (nSPS) is 15.3. The number of amides is 1. The van der Waals surface area contributed by atoms with Gasteiger partial charge in [0.25, 0.3) is 11.7 Å². The summed E-state index contributed by atoms with van der Waals surface area (Å²) in [5.74, 6) is 0.380. The Hall–Kier alpha value is -2.18. The third kappa shape index (κ3) is 4.21. The number of carbonyl (C=O) groups excluding carboxylic acids is 1. The van der Waals surface area contributed by atoms with Crippen molar-refractivity contribution in [2.75, 3.05) is 42.9 Å². The van der Waals surface area contributed by atoms with E-state index in [0.29, 0.717) is 11.6 Å². The second-order valence-electron chi connectivity index (χ2n) is 5.83. The average Bonchev–Trinajstić information content (AvgIpc) is 2.59. The van der Waals surface area contributed by atoms with Crippen LogP contribution in [0.2, 0.25) is 5.02 Å². The molecule has 0 unspecified atom stereocenters. The average molecular weight is 351 g/mol. The van der Waals surface area contributed by atoms with Crippen LogP contribution >= 0.6 is 11.6 Å². The van der Waals surface area contributed by atoms with E-state index in [-0.39, 0.29) is 11.6 Å². The Kier molecular flexibility index (Phi) is 5.27. The summed E-state index contributed by atoms with van der Waals surface area (Å²) < 4.78 is 13.7. The highest BCUT2D eigenvalue weighted by Gasteiger charge is 2.27. The number of nitrogens with zero attached hydrogens (tertiary/aromatic N) is 1. The van der Waals surface area contributed by atoms with E-state index >= 15 is 0 Å². The molecule has 3 rings (SSSR count). The van der Waals surface area contributed by atoms with Gasteiger partial charge in [0.15, 0.2) is 6.54 Å². The third-order valence-electron chi connectivity index (χ3n) is 4.12. The number of carbonyl (C=O) groups is 1. The van der Waals surface area contributed by atoms with E-state index in [1.807, 2.05) is 24.4 Å². The van der Waals surface area contributed by atoms with Gasteiger partial charge in [-0.2, -0.15) is 0 Å². The third-order valence-corrected chi connectivity index (χ3v) is 4.35. The van der Waals surface area contributed by atoms with Gasteiger partial charge >= 0.3 is 0 Å². The number of rotatable bonds is 4. The molecule has 2 aromatic rings. The molecule has 7 heteroatoms. The van der Waals surface area contributed by atoms with Crippen molar-refractivity contribution in [3.05, 3.63) is 53.4 Å². The van der Waals surface area contributed by atoms with E-state index in [1.54, 1.807) is 6.07 Å². The molecule has 0 spiro atoms. The highest BCUT2D eigenvalue weighted by Crippen LogP contribution is 2.18. The molecule has 1 fully saturated rings. The monoisotopic (exact) mass is 350 g/mol. The fraction of sp³-hybridized carbons (Fsp3) is 0.294. The molecule has 126 valence electrons. The van der Waals surface area contributed by atoms with Crippen molar-refractivity contribution in [3.63, 3.8) is 0 Å². The predicted molar refractivity (Wildman–Crippen MR) is 90.8 cm³/mol. The van der Waals surface area contributed by atoms with Crippen LogP contribution in [-0.2, 0) is 4.79 Å². The summed E-state index contributed by atoms with van der Waals surface area (Å²) in [5.41, 5.74) is 0.168. The van der Waals surface area contributed by atoms with Crippen LogP contribution in [0.1, 0.15) is 0 Å². The van der Waals surface area contributed by atoms with E-state index in [4.69, 9.17) is 11.6 Å². The summed E-state index contributed by atoms with van der Waals surface area (Å²) in [6.45, 7) is 3.80. The minimum atomic E-state index is -0.518. The number of H-pyrrole nitrogens is 1. The molecule has 1 saturated heterocycles. The molecule has 0 bridgehead atoms. The molecule has 1 aliphatic rings. The number of pyridine rings is 1. The Bertz CT molecular complexity index is 705. The van der Waals surface area contributed by atoms with Gasteiger partial charge in [0.05, 0.1) is 11.9 Å². The number of nitrogens with one attached hydrogen (secondary N) is 3. The Balaban J connectivity index is 1.50. The van der Waals surface area contributed by atoms with Crippen LogP contribution in [-0.4, -0.2) is 38.6 Å². The van der Waals surface area contributed by atoms with Crippen molar-refractivity contribution in [1.29, 1.82) is 0 Å². The number of aromatic amines is 1. The molecule has 5 nitrogen and oxygen atoms in total. The standard InChI is InChI=1S/C17H18ClFN4O/c18-13-4-5-15(14(19)11-13)21-17(24)12-22-7-9-23(10-8-22)16-3-1-2-6-20-16/h1-6,11H,7-10,12H2,(H,21,24)/p+2. The van der Waals surface area contributed by atoms with Crippen molar-refractivity contribution < 1.29 is 19.1 Å². The van der Waals surface area contributed by atoms with Crippen LogP contribution in [0.5, 0.6) is 0 Å². The molecule has 1 amide bonds. The Labute approximate surface area is 145 Å². The largest absolute Gasteiger partial charge is 0.321 e. The Morgan fingerprint density at radius 2 is 2.08 bits per heavy atom. The van der Waals surface area contributed by atoms with E-state index in [2.05, 4.69) is 15.2 Å². The summed E-state index contributed by atoms with van der Waals surface area (Å²) in [7, 11) is 0. The van der Waals surface area contributed by atoms with Crippen molar-refractivity contribution >= 4 is 29.0 Å². The van der Waals surface area contributed by atoms with Crippen molar-refractivity contribution in [3.8, 4) is 0 Å². The molecule has 1 aromatic heterocycles. The molecule has 0 atom stereocenters. The number of anilines is 2. The first-order valence-corrected chi connectivity index (χ1v) is 8.30. The maximum Gasteiger partial charge on any atom is 0.279 e. The highest BCUT2D eigenvalue weighted by molar-refractivity contribution is 6.30. The second kappa shape index (κ2) is 7.59. The van der Waals surface area contributed by atoms with Gasteiger partial charge in [0, 0.05) is 11.1 Å². The Morgan fingerprint density at radius 1 is 1.29 bits per heavy atom. The van der Waals surface area contributed by atoms with Gasteiger partial charge in [-0.05, 0) is 24.3 Å². The maximum atomic E-state index is 13.7. The van der Waals surface area contributed by atoms with Gasteiger partial charge in [-0.25, -0.2) is 9.37 Å². The van der Waals surface area contributed by atoms with Crippen LogP contribution in [0.15, 0.2) is 42.6 Å². The van der Waals surface area contributed by atoms with Gasteiger partial charge in [-0.3, -0.25) is 9.69 Å². The molecule has 2 heterocycles. The zero-order valence-corrected chi connectivity index (χ0v) is 13.9. The maximum absolute atomic E-state index is 13.7. The lowest BCUT2D eigenvalue weighted by molar-refractivity contribution is -0.892. The van der Waals surface area contributed by atoms with Crippen molar-refractivity contribution in [2.24, 2.45) is 0 Å². The van der Waals surface area contributed by atoms with E-state index in [1.165, 1.54) is 17.0 Å². The highest BCUT2D eigenvalue weighted by atomic mass is 35.5. The van der Waals surface area contributed by atoms with Crippen molar-refractivity contribution in [1.82, 2.24) is 0 Å². The minimum absolute atomic E-state index is 0.168. The number of benzene rings is 1. The number of halogens is 2. The fourth-order valence-corrected chi connectivity index (χ4v) is 2.99. The number of hydrogen-bond donors (Lipinski definition) is 2. The first kappa shape index (κ1) is 16.7. The van der Waals surface area contributed by atoms with Gasteiger partial charge in [0.1, 0.15) is 32.0 Å². The van der Waals surface area contributed by atoms with Gasteiger partial charge in [-0.1, -0.05) is 17.7 Å². The predicted octanol–water partition coefficient (Wildman–Crippen LogP) is 0.637. The molecule has 0 radical (unpaired) electrons. The Morgan fingerprint density at radius 3 is 2.75 bits per heavy atom. The summed E-state index contributed by atoms with van der Waals surface area (Å²) in [5, 5.41) is 2.92. The minimum Gasteiger partial charge on any atom is -0.321 e. The van der Waals surface area contributed by atoms with E-state index in [0.717, 1.165) is 32.0 Å². The lowest BCUT2D eigenvalue weighted by Gasteiger charge is -2.27. The summed E-state index contributed by atoms with van der Waals surface area (Å²) in [4.78, 5) is 18.8. The molecule has 3 N–H and O–H groups in total. The number of aromatic nitrogens is 1. The first-order chi connectivity index (χ1) is 11.6. The topological polar surface area (TPSA) is 50.9 Å². The van der Waals surface area contributed by atoms with Crippen LogP contribution in [0.25, 0.3) is 0 Å². The van der Waals surface area contributed by atoms with Gasteiger partial charge in [-0.15, -0.1) is 0 Å². The SMILES string of the molecule is O=C(C[NH+]1CCN(c2cccc[nH+]2)CC1)Nc1ccc(Cl)cc1F. The van der Waals surface area contributed by atoms with Crippen LogP contribution in [0.3, 0.4) is 0 Å². The second-order valence-corrected chi connectivity index (χ2v) is 6.27. The lowest BCUT2D eigenvalue weighted by Crippen LogP contribution is -3.15. The summed E-state index contributed by atoms with van der Waals surface area (Å²) in [6, 6.07) is 10.2. The van der Waals surface area contributed by atoms with Crippen molar-refractivity contribution in [2.45, 2.75) is 0 Å². The molecular formula is C17H20ClFN4O+2. The zero-order chi connectivity index (χ0) is 16.9. The number of hydrogen-bond acceptors (Lipinski definition) is 2. The van der Waals surface area contributed by atoms with Crippen LogP contribution in [0, 0.1) is 5.82 Å². The molecule has 0 saturated carbocycles. The van der Waals surface area contributed by atoms with Gasteiger partial charge < -0.3 is 10.2 Å². The summed E-state index contributed by atoms with van der Waals surface area (Å²) in [6.07, 6.45) is 1.91. The molecule has 0 aliphatic carbocycles. The molecule has 1 aromatic carbocycles.